The number of H-pyrrole nitrogens is 1. The Morgan fingerprint density at radius 2 is 2.27 bits per heavy atom. The second-order valence-electron chi connectivity index (χ2n) is 3.22. The number of nitrogens with one attached hydrogen (secondary N) is 1. The predicted molar refractivity (Wildman–Crippen MR) is 57.7 cm³/mol. The van der Waals surface area contributed by atoms with E-state index >= 15 is 0 Å². The molecule has 0 radical (unpaired) electrons. The van der Waals surface area contributed by atoms with E-state index in [0.717, 1.165) is 23.6 Å². The lowest BCUT2D eigenvalue weighted by atomic mass is 10.1. The number of ether oxygens (including phenoxy) is 1. The quantitative estimate of drug-likeness (QED) is 0.830. The topological polar surface area (TPSA) is 50.8 Å². The maximum Gasteiger partial charge on any atom is 0.159 e. The summed E-state index contributed by atoms with van der Waals surface area (Å²) in [5, 5.41) is 6.65. The van der Waals surface area contributed by atoms with Gasteiger partial charge < -0.3 is 4.74 Å². The van der Waals surface area contributed by atoms with Gasteiger partial charge in [-0.3, -0.25) is 5.10 Å². The van der Waals surface area contributed by atoms with Crippen LogP contribution in [-0.4, -0.2) is 22.3 Å². The van der Waals surface area contributed by atoms with Crippen molar-refractivity contribution in [2.75, 3.05) is 7.11 Å². The van der Waals surface area contributed by atoms with Gasteiger partial charge in [0.1, 0.15) is 12.1 Å². The first kappa shape index (κ1) is 9.71. The largest absolute Gasteiger partial charge is 0.496 e. The molecule has 15 heavy (non-hydrogen) atoms. The summed E-state index contributed by atoms with van der Waals surface area (Å²) in [4.78, 5) is 4.10. The lowest BCUT2D eigenvalue weighted by molar-refractivity contribution is 0.415. The summed E-state index contributed by atoms with van der Waals surface area (Å²) in [6, 6.07) is 6.09. The van der Waals surface area contributed by atoms with Crippen LogP contribution < -0.4 is 4.74 Å². The Labute approximate surface area is 88.3 Å². The zero-order valence-corrected chi connectivity index (χ0v) is 8.82. The van der Waals surface area contributed by atoms with Gasteiger partial charge in [0, 0.05) is 0 Å². The molecule has 0 spiro atoms. The third kappa shape index (κ3) is 1.83. The molecule has 1 heterocycles. The van der Waals surface area contributed by atoms with Crippen LogP contribution >= 0.6 is 0 Å². The first-order chi connectivity index (χ1) is 7.35. The summed E-state index contributed by atoms with van der Waals surface area (Å²) in [6.45, 7) is 2.11. The Balaban J connectivity index is 2.48. The summed E-state index contributed by atoms with van der Waals surface area (Å²) in [5.74, 6) is 1.56. The molecular weight excluding hydrogens is 190 g/mol. The van der Waals surface area contributed by atoms with Crippen LogP contribution in [-0.2, 0) is 6.42 Å². The second kappa shape index (κ2) is 4.13. The lowest BCUT2D eigenvalue weighted by Gasteiger charge is -2.07. The average molecular weight is 203 g/mol. The van der Waals surface area contributed by atoms with Gasteiger partial charge in [0.05, 0.1) is 12.7 Å². The van der Waals surface area contributed by atoms with Gasteiger partial charge in [-0.1, -0.05) is 13.0 Å². The molecule has 4 nitrogen and oxygen atoms in total. The Morgan fingerprint density at radius 1 is 1.40 bits per heavy atom. The van der Waals surface area contributed by atoms with Crippen LogP contribution in [0.2, 0.25) is 0 Å². The number of aromatic nitrogens is 3. The van der Waals surface area contributed by atoms with Crippen molar-refractivity contribution in [3.8, 4) is 17.1 Å². The molecule has 1 aromatic heterocycles. The van der Waals surface area contributed by atoms with Gasteiger partial charge in [-0.15, -0.1) is 0 Å². The number of aryl methyl sites for hydroxylation is 1. The molecule has 2 rings (SSSR count). The molecule has 0 unspecified atom stereocenters. The van der Waals surface area contributed by atoms with Gasteiger partial charge in [-0.25, -0.2) is 4.98 Å². The minimum atomic E-state index is 0.731. The number of aromatic amines is 1. The molecule has 0 fully saturated rings. The van der Waals surface area contributed by atoms with Crippen LogP contribution in [0, 0.1) is 0 Å². The highest BCUT2D eigenvalue weighted by Gasteiger charge is 2.08. The van der Waals surface area contributed by atoms with Crippen LogP contribution in [0.25, 0.3) is 11.4 Å². The van der Waals surface area contributed by atoms with Gasteiger partial charge >= 0.3 is 0 Å². The number of hydrogen-bond donors (Lipinski definition) is 1. The van der Waals surface area contributed by atoms with E-state index in [4.69, 9.17) is 4.74 Å². The fourth-order valence-corrected chi connectivity index (χ4v) is 1.49. The van der Waals surface area contributed by atoms with E-state index in [1.54, 1.807) is 7.11 Å². The summed E-state index contributed by atoms with van der Waals surface area (Å²) in [6.07, 6.45) is 2.48. The van der Waals surface area contributed by atoms with E-state index in [1.807, 2.05) is 12.1 Å². The molecule has 0 aliphatic carbocycles. The van der Waals surface area contributed by atoms with Crippen molar-refractivity contribution in [1.82, 2.24) is 15.2 Å². The first-order valence-corrected chi connectivity index (χ1v) is 4.87. The smallest absolute Gasteiger partial charge is 0.159 e. The molecule has 2 aromatic rings. The van der Waals surface area contributed by atoms with Crippen molar-refractivity contribution in [3.63, 3.8) is 0 Å². The zero-order chi connectivity index (χ0) is 10.7. The third-order valence-corrected chi connectivity index (χ3v) is 2.34. The Bertz CT molecular complexity index is 437. The van der Waals surface area contributed by atoms with Crippen molar-refractivity contribution in [2.45, 2.75) is 13.3 Å². The van der Waals surface area contributed by atoms with Crippen molar-refractivity contribution in [2.24, 2.45) is 0 Å². The van der Waals surface area contributed by atoms with Gasteiger partial charge in [-0.2, -0.15) is 5.10 Å². The Hall–Kier alpha value is -1.84. The minimum Gasteiger partial charge on any atom is -0.496 e. The number of nitrogens with zero attached hydrogens (tertiary/aromatic N) is 2. The molecule has 0 atom stereocenters. The molecule has 4 heteroatoms. The average Bonchev–Trinajstić information content (AvgIpc) is 2.81. The van der Waals surface area contributed by atoms with Crippen molar-refractivity contribution < 1.29 is 4.74 Å². The number of hydrogen-bond acceptors (Lipinski definition) is 3. The van der Waals surface area contributed by atoms with E-state index in [1.165, 1.54) is 11.9 Å². The molecule has 1 aromatic carbocycles. The van der Waals surface area contributed by atoms with Gasteiger partial charge in [-0.05, 0) is 24.1 Å². The standard InChI is InChI=1S/C11H13N3O/c1-3-8-4-5-9(10(6-8)15-2)11-12-7-13-14-11/h4-7H,3H2,1-2H3,(H,12,13,14). The van der Waals surface area contributed by atoms with Crippen LogP contribution in [0.3, 0.4) is 0 Å². The molecule has 0 aliphatic heterocycles. The molecule has 0 amide bonds. The Kier molecular flexibility index (Phi) is 2.67. The van der Waals surface area contributed by atoms with E-state index in [-0.39, 0.29) is 0 Å². The van der Waals surface area contributed by atoms with Crippen LogP contribution in [0.1, 0.15) is 12.5 Å². The van der Waals surface area contributed by atoms with E-state index in [0.29, 0.717) is 0 Å². The molecule has 78 valence electrons. The maximum atomic E-state index is 5.32. The molecule has 0 bridgehead atoms. The lowest BCUT2D eigenvalue weighted by Crippen LogP contribution is -1.91. The molecular formula is C11H13N3O. The van der Waals surface area contributed by atoms with Crippen molar-refractivity contribution >= 4 is 0 Å². The molecule has 0 saturated carbocycles. The Morgan fingerprint density at radius 3 is 2.87 bits per heavy atom. The molecule has 0 saturated heterocycles. The fraction of sp³-hybridized carbons (Fsp3) is 0.273. The van der Waals surface area contributed by atoms with Crippen LogP contribution in [0.15, 0.2) is 24.5 Å². The number of benzene rings is 1. The summed E-state index contributed by atoms with van der Waals surface area (Å²) in [7, 11) is 1.66. The monoisotopic (exact) mass is 203 g/mol. The van der Waals surface area contributed by atoms with Gasteiger partial charge in [0.2, 0.25) is 0 Å². The third-order valence-electron chi connectivity index (χ3n) is 2.34. The number of methoxy groups -OCH3 is 1. The number of rotatable bonds is 3. The second-order valence-corrected chi connectivity index (χ2v) is 3.22. The summed E-state index contributed by atoms with van der Waals surface area (Å²) < 4.78 is 5.32. The fourth-order valence-electron chi connectivity index (χ4n) is 1.49. The SMILES string of the molecule is CCc1ccc(-c2ncn[nH]2)c(OC)c1. The van der Waals surface area contributed by atoms with E-state index < -0.39 is 0 Å². The van der Waals surface area contributed by atoms with Crippen LogP contribution in [0.5, 0.6) is 5.75 Å². The highest BCUT2D eigenvalue weighted by atomic mass is 16.5. The summed E-state index contributed by atoms with van der Waals surface area (Å²) in [5.41, 5.74) is 2.18. The predicted octanol–water partition coefficient (Wildman–Crippen LogP) is 2.04. The van der Waals surface area contributed by atoms with E-state index in [2.05, 4.69) is 28.2 Å². The van der Waals surface area contributed by atoms with E-state index in [9.17, 15) is 0 Å². The zero-order valence-electron chi connectivity index (χ0n) is 8.82. The molecule has 1 N–H and O–H groups in total. The van der Waals surface area contributed by atoms with Crippen molar-refractivity contribution in [3.05, 3.63) is 30.1 Å². The van der Waals surface area contributed by atoms with Gasteiger partial charge in [0.25, 0.3) is 0 Å². The van der Waals surface area contributed by atoms with Crippen LogP contribution in [0.4, 0.5) is 0 Å². The van der Waals surface area contributed by atoms with Gasteiger partial charge in [0.15, 0.2) is 5.82 Å². The highest BCUT2D eigenvalue weighted by Crippen LogP contribution is 2.27. The van der Waals surface area contributed by atoms with Crippen molar-refractivity contribution in [1.29, 1.82) is 0 Å². The highest BCUT2D eigenvalue weighted by molar-refractivity contribution is 5.64. The maximum absolute atomic E-state index is 5.32. The molecule has 0 aliphatic rings. The minimum absolute atomic E-state index is 0.731. The summed E-state index contributed by atoms with van der Waals surface area (Å²) >= 11 is 0. The normalized spacial score (nSPS) is 10.3. The first-order valence-electron chi connectivity index (χ1n) is 4.87.